The van der Waals surface area contributed by atoms with Crippen molar-refractivity contribution in [1.82, 2.24) is 4.98 Å². The van der Waals surface area contributed by atoms with Gasteiger partial charge in [0.25, 0.3) is 10.0 Å². The second-order valence-electron chi connectivity index (χ2n) is 5.80. The van der Waals surface area contributed by atoms with E-state index in [1.54, 1.807) is 37.3 Å². The third-order valence-electron chi connectivity index (χ3n) is 3.85. The molecule has 9 heteroatoms. The van der Waals surface area contributed by atoms with Gasteiger partial charge in [0.05, 0.1) is 30.1 Å². The Hall–Kier alpha value is -2.29. The van der Waals surface area contributed by atoms with Gasteiger partial charge in [0.15, 0.2) is 0 Å². The van der Waals surface area contributed by atoms with Gasteiger partial charge in [-0.2, -0.15) is 0 Å². The van der Waals surface area contributed by atoms with Crippen LogP contribution < -0.4 is 14.2 Å². The van der Waals surface area contributed by atoms with Gasteiger partial charge in [0.1, 0.15) is 16.4 Å². The van der Waals surface area contributed by atoms with E-state index in [-0.39, 0.29) is 16.3 Å². The zero-order valence-electron chi connectivity index (χ0n) is 15.5. The fourth-order valence-electron chi connectivity index (χ4n) is 2.61. The topological polar surface area (TPSA) is 77.5 Å². The number of rotatable bonds is 7. The summed E-state index contributed by atoms with van der Waals surface area (Å²) in [6.45, 7) is 4.02. The molecular formula is C19H19ClN2O4S2. The molecule has 6 nitrogen and oxygen atoms in total. The van der Waals surface area contributed by atoms with Crippen LogP contribution >= 0.6 is 22.9 Å². The zero-order valence-corrected chi connectivity index (χ0v) is 17.9. The molecule has 0 saturated heterocycles. The summed E-state index contributed by atoms with van der Waals surface area (Å²) in [4.78, 5) is 4.44. The Balaban J connectivity index is 2.07. The van der Waals surface area contributed by atoms with E-state index in [0.717, 1.165) is 5.01 Å². The van der Waals surface area contributed by atoms with Gasteiger partial charge < -0.3 is 9.47 Å². The van der Waals surface area contributed by atoms with E-state index in [9.17, 15) is 8.42 Å². The summed E-state index contributed by atoms with van der Waals surface area (Å²) in [5.41, 5.74) is 1.64. The fourth-order valence-corrected chi connectivity index (χ4v) is 4.63. The van der Waals surface area contributed by atoms with Crippen molar-refractivity contribution in [3.63, 3.8) is 0 Å². The van der Waals surface area contributed by atoms with Gasteiger partial charge in [-0.1, -0.05) is 11.6 Å². The van der Waals surface area contributed by atoms with Crippen molar-refractivity contribution >= 4 is 38.6 Å². The lowest BCUT2D eigenvalue weighted by molar-refractivity contribution is 0.331. The lowest BCUT2D eigenvalue weighted by Crippen LogP contribution is -2.15. The maximum atomic E-state index is 13.2. The minimum absolute atomic E-state index is 0.0135. The third kappa shape index (κ3) is 4.40. The molecule has 0 aliphatic rings. The quantitative estimate of drug-likeness (QED) is 0.562. The molecule has 0 aliphatic heterocycles. The number of benzene rings is 2. The molecule has 1 heterocycles. The molecule has 2 aromatic carbocycles. The smallest absolute Gasteiger partial charge is 0.265 e. The third-order valence-corrected chi connectivity index (χ3v) is 6.25. The van der Waals surface area contributed by atoms with E-state index in [4.69, 9.17) is 21.1 Å². The minimum Gasteiger partial charge on any atom is -0.495 e. The van der Waals surface area contributed by atoms with Crippen molar-refractivity contribution in [2.45, 2.75) is 18.7 Å². The predicted octanol–water partition coefficient (Wildman–Crippen LogP) is 4.98. The van der Waals surface area contributed by atoms with Crippen molar-refractivity contribution in [3.8, 4) is 22.8 Å². The Morgan fingerprint density at radius 3 is 2.57 bits per heavy atom. The maximum Gasteiger partial charge on any atom is 0.265 e. The van der Waals surface area contributed by atoms with Gasteiger partial charge in [-0.25, -0.2) is 13.4 Å². The number of aryl methyl sites for hydroxylation is 1. The number of nitrogens with zero attached hydrogens (tertiary/aromatic N) is 1. The lowest BCUT2D eigenvalue weighted by Gasteiger charge is -2.15. The van der Waals surface area contributed by atoms with Crippen molar-refractivity contribution in [2.24, 2.45) is 0 Å². The number of hydrogen-bond acceptors (Lipinski definition) is 6. The molecule has 148 valence electrons. The van der Waals surface area contributed by atoms with Crippen LogP contribution in [0.5, 0.6) is 11.5 Å². The summed E-state index contributed by atoms with van der Waals surface area (Å²) >= 11 is 7.51. The molecule has 0 radical (unpaired) electrons. The van der Waals surface area contributed by atoms with Gasteiger partial charge in [0.2, 0.25) is 0 Å². The van der Waals surface area contributed by atoms with Crippen LogP contribution in [-0.4, -0.2) is 27.1 Å². The van der Waals surface area contributed by atoms with Crippen LogP contribution in [0.1, 0.15) is 11.9 Å². The molecule has 1 aromatic heterocycles. The fraction of sp³-hybridized carbons (Fsp3) is 0.211. The molecule has 0 unspecified atom stereocenters. The van der Waals surface area contributed by atoms with Gasteiger partial charge in [-0.15, -0.1) is 11.3 Å². The molecule has 28 heavy (non-hydrogen) atoms. The summed E-state index contributed by atoms with van der Waals surface area (Å²) in [5, 5.41) is 3.17. The molecule has 0 bridgehead atoms. The van der Waals surface area contributed by atoms with Crippen LogP contribution in [-0.2, 0) is 10.0 Å². The molecule has 3 aromatic rings. The van der Waals surface area contributed by atoms with Crippen LogP contribution in [0.4, 0.5) is 5.69 Å². The summed E-state index contributed by atoms with van der Waals surface area (Å²) in [6.07, 6.45) is 0. The number of thiazole rings is 1. The summed E-state index contributed by atoms with van der Waals surface area (Å²) in [5.74, 6) is 0.615. The van der Waals surface area contributed by atoms with Gasteiger partial charge in [-0.3, -0.25) is 4.72 Å². The van der Waals surface area contributed by atoms with Crippen molar-refractivity contribution in [3.05, 3.63) is 51.8 Å². The number of nitrogens with one attached hydrogen (secondary N) is 1. The molecule has 0 saturated carbocycles. The Bertz CT molecular complexity index is 1100. The molecule has 0 fully saturated rings. The van der Waals surface area contributed by atoms with Crippen molar-refractivity contribution in [2.75, 3.05) is 18.4 Å². The molecule has 0 aliphatic carbocycles. The van der Waals surface area contributed by atoms with Gasteiger partial charge in [-0.05, 0) is 50.2 Å². The minimum atomic E-state index is -3.98. The highest BCUT2D eigenvalue weighted by atomic mass is 35.5. The predicted molar refractivity (Wildman–Crippen MR) is 112 cm³/mol. The largest absolute Gasteiger partial charge is 0.495 e. The molecule has 1 N–H and O–H groups in total. The summed E-state index contributed by atoms with van der Waals surface area (Å²) in [7, 11) is -2.52. The van der Waals surface area contributed by atoms with E-state index in [1.165, 1.54) is 24.5 Å². The number of ether oxygens (including phenoxy) is 2. The Morgan fingerprint density at radius 1 is 1.18 bits per heavy atom. The first-order chi connectivity index (χ1) is 13.3. The number of methoxy groups -OCH3 is 1. The van der Waals surface area contributed by atoms with E-state index in [0.29, 0.717) is 28.6 Å². The standard InChI is InChI=1S/C19H19ClN2O4S2/c1-4-26-18-7-5-13(16-11-27-12(2)21-16)9-19(18)28(23,24)22-15-10-14(20)6-8-17(15)25-3/h5-11,22H,4H2,1-3H3. The van der Waals surface area contributed by atoms with E-state index in [2.05, 4.69) is 9.71 Å². The van der Waals surface area contributed by atoms with Crippen LogP contribution in [0.25, 0.3) is 11.3 Å². The Kier molecular flexibility index (Phi) is 6.12. The molecule has 0 atom stereocenters. The number of halogens is 1. The van der Waals surface area contributed by atoms with Crippen LogP contribution in [0, 0.1) is 6.92 Å². The monoisotopic (exact) mass is 438 g/mol. The summed E-state index contributed by atoms with van der Waals surface area (Å²) in [6, 6.07) is 9.69. The van der Waals surface area contributed by atoms with E-state index < -0.39 is 10.0 Å². The summed E-state index contributed by atoms with van der Waals surface area (Å²) < 4.78 is 39.6. The first-order valence-corrected chi connectivity index (χ1v) is 11.1. The maximum absolute atomic E-state index is 13.2. The zero-order chi connectivity index (χ0) is 20.3. The lowest BCUT2D eigenvalue weighted by atomic mass is 10.2. The highest BCUT2D eigenvalue weighted by Gasteiger charge is 2.23. The molecular weight excluding hydrogens is 420 g/mol. The second kappa shape index (κ2) is 8.38. The van der Waals surface area contributed by atoms with Crippen molar-refractivity contribution in [1.29, 1.82) is 0 Å². The van der Waals surface area contributed by atoms with Crippen LogP contribution in [0.2, 0.25) is 5.02 Å². The molecule has 0 spiro atoms. The number of hydrogen-bond donors (Lipinski definition) is 1. The SMILES string of the molecule is CCOc1ccc(-c2csc(C)n2)cc1S(=O)(=O)Nc1cc(Cl)ccc1OC. The first-order valence-electron chi connectivity index (χ1n) is 8.39. The normalized spacial score (nSPS) is 11.3. The van der Waals surface area contributed by atoms with Crippen LogP contribution in [0.15, 0.2) is 46.7 Å². The highest BCUT2D eigenvalue weighted by molar-refractivity contribution is 7.92. The Morgan fingerprint density at radius 2 is 1.93 bits per heavy atom. The molecule has 3 rings (SSSR count). The first kappa shape index (κ1) is 20.4. The molecule has 0 amide bonds. The van der Waals surface area contributed by atoms with E-state index >= 15 is 0 Å². The highest BCUT2D eigenvalue weighted by Crippen LogP contribution is 2.34. The average molecular weight is 439 g/mol. The number of sulfonamides is 1. The van der Waals surface area contributed by atoms with E-state index in [1.807, 2.05) is 12.3 Å². The van der Waals surface area contributed by atoms with Crippen molar-refractivity contribution < 1.29 is 17.9 Å². The van der Waals surface area contributed by atoms with Crippen LogP contribution in [0.3, 0.4) is 0 Å². The Labute approximate surface area is 173 Å². The number of aromatic nitrogens is 1. The second-order valence-corrected chi connectivity index (χ2v) is 8.95. The number of anilines is 1. The van der Waals surface area contributed by atoms with Gasteiger partial charge >= 0.3 is 0 Å². The van der Waals surface area contributed by atoms with Gasteiger partial charge in [0, 0.05) is 16.0 Å². The average Bonchev–Trinajstić information content (AvgIpc) is 3.08.